The number of halogens is 2. The first-order valence-corrected chi connectivity index (χ1v) is 11.0. The molecule has 1 aliphatic rings. The number of hydrogen-bond acceptors (Lipinski definition) is 4. The third-order valence-electron chi connectivity index (χ3n) is 5.09. The van der Waals surface area contributed by atoms with E-state index >= 15 is 0 Å². The largest absolute Gasteiger partial charge is 0.276 e. The van der Waals surface area contributed by atoms with Gasteiger partial charge in [0.05, 0.1) is 32.7 Å². The second kappa shape index (κ2) is 7.84. The van der Waals surface area contributed by atoms with Crippen molar-refractivity contribution < 1.29 is 4.79 Å². The van der Waals surface area contributed by atoms with Crippen LogP contribution in [-0.4, -0.2) is 21.6 Å². The highest BCUT2D eigenvalue weighted by Crippen LogP contribution is 2.39. The molecule has 0 radical (unpaired) electrons. The average Bonchev–Trinajstić information content (AvgIpc) is 3.43. The van der Waals surface area contributed by atoms with Crippen molar-refractivity contribution in [1.29, 1.82) is 0 Å². The molecule has 0 fully saturated rings. The normalized spacial score (nSPS) is 16.1. The summed E-state index contributed by atoms with van der Waals surface area (Å²) in [5, 5.41) is 9.91. The summed E-state index contributed by atoms with van der Waals surface area (Å²) in [4.78, 5) is 19.0. The van der Waals surface area contributed by atoms with Gasteiger partial charge in [0.1, 0.15) is 5.15 Å². The molecule has 0 bridgehead atoms. The van der Waals surface area contributed by atoms with Crippen molar-refractivity contribution in [3.63, 3.8) is 0 Å². The number of carbonyl (C=O) groups is 1. The molecule has 0 aliphatic carbocycles. The molecule has 2 aromatic carbocycles. The van der Waals surface area contributed by atoms with Crippen LogP contribution in [0.2, 0.25) is 10.2 Å². The number of amides is 1. The molecule has 30 heavy (non-hydrogen) atoms. The van der Waals surface area contributed by atoms with Crippen molar-refractivity contribution in [3.8, 4) is 0 Å². The van der Waals surface area contributed by atoms with Gasteiger partial charge in [-0.3, -0.25) is 4.79 Å². The van der Waals surface area contributed by atoms with E-state index in [1.165, 1.54) is 5.01 Å². The van der Waals surface area contributed by atoms with Crippen LogP contribution >= 0.6 is 34.5 Å². The van der Waals surface area contributed by atoms with Gasteiger partial charge in [0.2, 0.25) is 0 Å². The number of fused-ring (bicyclic) bond motifs is 1. The Balaban J connectivity index is 1.62. The molecule has 0 spiro atoms. The molecule has 4 nitrogen and oxygen atoms in total. The van der Waals surface area contributed by atoms with E-state index in [9.17, 15) is 4.79 Å². The minimum Gasteiger partial charge on any atom is -0.267 e. The summed E-state index contributed by atoms with van der Waals surface area (Å²) >= 11 is 14.5. The molecule has 2 aromatic heterocycles. The number of carbonyl (C=O) groups excluding carboxylic acids is 1. The lowest BCUT2D eigenvalue weighted by Gasteiger charge is -2.23. The Morgan fingerprint density at radius 1 is 1.03 bits per heavy atom. The van der Waals surface area contributed by atoms with Gasteiger partial charge in [0.25, 0.3) is 5.91 Å². The van der Waals surface area contributed by atoms with Crippen LogP contribution < -0.4 is 0 Å². The Morgan fingerprint density at radius 2 is 1.83 bits per heavy atom. The van der Waals surface area contributed by atoms with E-state index in [0.717, 1.165) is 27.1 Å². The highest BCUT2D eigenvalue weighted by Gasteiger charge is 2.36. The Kier molecular flexibility index (Phi) is 5.03. The fourth-order valence-corrected chi connectivity index (χ4v) is 4.84. The number of hydrogen-bond donors (Lipinski definition) is 0. The Morgan fingerprint density at radius 3 is 2.63 bits per heavy atom. The summed E-state index contributed by atoms with van der Waals surface area (Å²) in [5.74, 6) is -0.263. The first kappa shape index (κ1) is 19.2. The fraction of sp³-hybridized carbons (Fsp3) is 0.0870. The number of pyridine rings is 1. The number of nitrogens with zero attached hydrogens (tertiary/aromatic N) is 3. The van der Waals surface area contributed by atoms with Crippen molar-refractivity contribution >= 4 is 57.1 Å². The number of rotatable bonds is 3. The highest BCUT2D eigenvalue weighted by atomic mass is 35.5. The first-order chi connectivity index (χ1) is 14.6. The molecule has 1 unspecified atom stereocenters. The second-order valence-corrected chi connectivity index (χ2v) is 8.65. The molecule has 7 heteroatoms. The predicted molar refractivity (Wildman–Crippen MR) is 123 cm³/mol. The Hall–Kier alpha value is -2.73. The topological polar surface area (TPSA) is 45.6 Å². The summed E-state index contributed by atoms with van der Waals surface area (Å²) in [6.07, 6.45) is 0.552. The zero-order valence-electron chi connectivity index (χ0n) is 15.6. The second-order valence-electron chi connectivity index (χ2n) is 6.93. The van der Waals surface area contributed by atoms with E-state index in [1.807, 2.05) is 47.8 Å². The van der Waals surface area contributed by atoms with E-state index in [2.05, 4.69) is 4.98 Å². The van der Waals surface area contributed by atoms with Gasteiger partial charge < -0.3 is 0 Å². The van der Waals surface area contributed by atoms with Crippen LogP contribution in [0.3, 0.4) is 0 Å². The first-order valence-electron chi connectivity index (χ1n) is 9.36. The Labute approximate surface area is 187 Å². The molecule has 1 aliphatic heterocycles. The maximum Gasteiger partial charge on any atom is 0.276 e. The number of thiophene rings is 1. The molecular formula is C23H15Cl2N3OS. The van der Waals surface area contributed by atoms with E-state index in [1.54, 1.807) is 35.6 Å². The quantitative estimate of drug-likeness (QED) is 0.329. The van der Waals surface area contributed by atoms with Crippen molar-refractivity contribution in [3.05, 3.63) is 98.3 Å². The van der Waals surface area contributed by atoms with Crippen molar-refractivity contribution in [2.45, 2.75) is 12.5 Å². The van der Waals surface area contributed by atoms with Crippen LogP contribution in [0.25, 0.3) is 10.9 Å². The maximum atomic E-state index is 13.4. The summed E-state index contributed by atoms with van der Waals surface area (Å²) in [7, 11) is 0. The summed E-state index contributed by atoms with van der Waals surface area (Å²) in [5.41, 5.74) is 2.84. The van der Waals surface area contributed by atoms with Crippen LogP contribution in [0, 0.1) is 0 Å². The lowest BCUT2D eigenvalue weighted by molar-refractivity contribution is 0.0711. The summed E-state index contributed by atoms with van der Waals surface area (Å²) in [6.45, 7) is 0. The van der Waals surface area contributed by atoms with Crippen molar-refractivity contribution in [1.82, 2.24) is 9.99 Å². The lowest BCUT2D eigenvalue weighted by Crippen LogP contribution is -2.27. The van der Waals surface area contributed by atoms with E-state index < -0.39 is 0 Å². The van der Waals surface area contributed by atoms with Gasteiger partial charge in [-0.25, -0.2) is 9.99 Å². The molecule has 1 amide bonds. The smallest absolute Gasteiger partial charge is 0.267 e. The molecule has 4 aromatic rings. The molecule has 1 atom stereocenters. The molecule has 148 valence electrons. The van der Waals surface area contributed by atoms with Crippen LogP contribution in [0.5, 0.6) is 0 Å². The van der Waals surface area contributed by atoms with Gasteiger partial charge in [-0.1, -0.05) is 59.6 Å². The predicted octanol–water partition coefficient (Wildman–Crippen LogP) is 6.59. The standard InChI is InChI=1S/C23H15Cl2N3OS/c24-17-8-3-2-7-15(17)23(29)28-20(13-19(27-28)21-10-5-11-30-21)16-12-14-6-1-4-9-18(14)26-22(16)25/h1-12,20H,13H2. The number of benzene rings is 2. The van der Waals surface area contributed by atoms with Crippen molar-refractivity contribution in [2.75, 3.05) is 0 Å². The van der Waals surface area contributed by atoms with E-state index in [-0.39, 0.29) is 11.9 Å². The maximum absolute atomic E-state index is 13.4. The molecule has 0 saturated carbocycles. The SMILES string of the molecule is O=C(c1ccccc1Cl)N1N=C(c2cccs2)CC1c1cc2ccccc2nc1Cl. The van der Waals surface area contributed by atoms with Gasteiger partial charge >= 0.3 is 0 Å². The number of aromatic nitrogens is 1. The molecule has 0 saturated heterocycles. The minimum absolute atomic E-state index is 0.263. The van der Waals surface area contributed by atoms with Crippen LogP contribution in [0.15, 0.2) is 77.2 Å². The van der Waals surface area contributed by atoms with Crippen LogP contribution in [0.4, 0.5) is 0 Å². The van der Waals surface area contributed by atoms with Gasteiger partial charge in [0, 0.05) is 17.4 Å². The molecule has 0 N–H and O–H groups in total. The van der Waals surface area contributed by atoms with Gasteiger partial charge in [0.15, 0.2) is 0 Å². The van der Waals surface area contributed by atoms with E-state index in [0.29, 0.717) is 22.2 Å². The highest BCUT2D eigenvalue weighted by molar-refractivity contribution is 7.12. The third kappa shape index (κ3) is 3.39. The summed E-state index contributed by atoms with van der Waals surface area (Å²) in [6, 6.07) is 20.4. The van der Waals surface area contributed by atoms with Crippen LogP contribution in [0.1, 0.15) is 33.3 Å². The Bertz CT molecular complexity index is 1290. The molecular weight excluding hydrogens is 437 g/mol. The fourth-order valence-electron chi connectivity index (χ4n) is 3.63. The average molecular weight is 452 g/mol. The van der Waals surface area contributed by atoms with Crippen LogP contribution in [-0.2, 0) is 0 Å². The lowest BCUT2D eigenvalue weighted by atomic mass is 10.0. The molecule has 3 heterocycles. The minimum atomic E-state index is -0.365. The van der Waals surface area contributed by atoms with Crippen molar-refractivity contribution in [2.24, 2.45) is 5.10 Å². The monoisotopic (exact) mass is 451 g/mol. The zero-order valence-corrected chi connectivity index (χ0v) is 18.0. The third-order valence-corrected chi connectivity index (χ3v) is 6.64. The molecule has 5 rings (SSSR count). The van der Waals surface area contributed by atoms with Gasteiger partial charge in [-0.15, -0.1) is 11.3 Å². The zero-order chi connectivity index (χ0) is 20.7. The van der Waals surface area contributed by atoms with Gasteiger partial charge in [-0.2, -0.15) is 5.10 Å². The summed E-state index contributed by atoms with van der Waals surface area (Å²) < 4.78 is 0. The number of hydrazone groups is 1. The van der Waals surface area contributed by atoms with E-state index in [4.69, 9.17) is 28.3 Å². The number of para-hydroxylation sites is 1. The van der Waals surface area contributed by atoms with Gasteiger partial charge in [-0.05, 0) is 35.7 Å².